The summed E-state index contributed by atoms with van der Waals surface area (Å²) in [4.78, 5) is 12.0. The van der Waals surface area contributed by atoms with Crippen molar-refractivity contribution in [2.45, 2.75) is 10.8 Å². The molecule has 0 aliphatic heterocycles. The van der Waals surface area contributed by atoms with Gasteiger partial charge in [0.25, 0.3) is 10.0 Å². The van der Waals surface area contributed by atoms with Crippen LogP contribution in [-0.2, 0) is 16.6 Å². The molecule has 0 atom stereocenters. The first-order valence-electron chi connectivity index (χ1n) is 10.4. The molecular weight excluding hydrogens is 468 g/mol. The maximum Gasteiger partial charge on any atom is 0.271 e. The summed E-state index contributed by atoms with van der Waals surface area (Å²) in [5.74, 6) is 1.05. The van der Waals surface area contributed by atoms with Crippen LogP contribution < -0.4 is 9.46 Å². The smallest absolute Gasteiger partial charge is 0.271 e. The van der Waals surface area contributed by atoms with Crippen molar-refractivity contribution in [3.05, 3.63) is 96.0 Å². The van der Waals surface area contributed by atoms with Crippen molar-refractivity contribution in [3.63, 3.8) is 0 Å². The van der Waals surface area contributed by atoms with Crippen molar-refractivity contribution in [2.75, 3.05) is 4.72 Å². The Bertz CT molecular complexity index is 1540. The Morgan fingerprint density at radius 3 is 2.76 bits per heavy atom. The quantitative estimate of drug-likeness (QED) is 0.292. The number of benzene rings is 2. The zero-order valence-electron chi connectivity index (χ0n) is 17.9. The molecule has 0 bridgehead atoms. The van der Waals surface area contributed by atoms with Crippen LogP contribution in [0.15, 0.2) is 89.1 Å². The highest BCUT2D eigenvalue weighted by atomic mass is 32.2. The maximum atomic E-state index is 12.8. The van der Waals surface area contributed by atoms with Gasteiger partial charge in [0.05, 0.1) is 11.2 Å². The lowest BCUT2D eigenvalue weighted by atomic mass is 10.1. The molecule has 0 saturated carbocycles. The molecule has 0 spiro atoms. The SMILES string of the molecule is C=Cc1ccccc1COc1cc(NS(=O)(=O)c2cccs2)cc(-c2nc3ncccc3[nH]2)c1. The molecule has 0 aliphatic carbocycles. The van der Waals surface area contributed by atoms with Gasteiger partial charge in [-0.2, -0.15) is 0 Å². The van der Waals surface area contributed by atoms with Crippen molar-refractivity contribution in [2.24, 2.45) is 0 Å². The van der Waals surface area contributed by atoms with Crippen molar-refractivity contribution in [1.29, 1.82) is 0 Å². The molecule has 0 radical (unpaired) electrons. The van der Waals surface area contributed by atoms with Crippen molar-refractivity contribution < 1.29 is 13.2 Å². The van der Waals surface area contributed by atoms with Gasteiger partial charge in [-0.25, -0.2) is 18.4 Å². The van der Waals surface area contributed by atoms with Crippen LogP contribution in [0.25, 0.3) is 28.6 Å². The third kappa shape index (κ3) is 4.57. The van der Waals surface area contributed by atoms with Crippen LogP contribution in [-0.4, -0.2) is 23.4 Å². The van der Waals surface area contributed by atoms with Crippen LogP contribution in [0.5, 0.6) is 5.75 Å². The lowest BCUT2D eigenvalue weighted by molar-refractivity contribution is 0.306. The summed E-state index contributed by atoms with van der Waals surface area (Å²) in [5, 5.41) is 1.72. The first-order valence-corrected chi connectivity index (χ1v) is 12.7. The van der Waals surface area contributed by atoms with Crippen molar-refractivity contribution in [1.82, 2.24) is 15.0 Å². The number of hydrogen-bond acceptors (Lipinski definition) is 6. The second-order valence-electron chi connectivity index (χ2n) is 7.44. The van der Waals surface area contributed by atoms with E-state index < -0.39 is 10.0 Å². The van der Waals surface area contributed by atoms with Gasteiger partial charge < -0.3 is 9.72 Å². The van der Waals surface area contributed by atoms with Crippen LogP contribution in [0.4, 0.5) is 5.69 Å². The van der Waals surface area contributed by atoms with Gasteiger partial charge in [-0.15, -0.1) is 11.3 Å². The highest BCUT2D eigenvalue weighted by molar-refractivity contribution is 7.94. The summed E-state index contributed by atoms with van der Waals surface area (Å²) in [6, 6.07) is 20.0. The molecule has 0 saturated heterocycles. The minimum absolute atomic E-state index is 0.230. The maximum absolute atomic E-state index is 12.8. The van der Waals surface area contributed by atoms with E-state index in [4.69, 9.17) is 4.74 Å². The van der Waals surface area contributed by atoms with E-state index in [-0.39, 0.29) is 4.21 Å². The monoisotopic (exact) mass is 488 g/mol. The van der Waals surface area contributed by atoms with Gasteiger partial charge >= 0.3 is 0 Å². The molecule has 5 rings (SSSR count). The summed E-state index contributed by atoms with van der Waals surface area (Å²) in [6.07, 6.45) is 3.45. The van der Waals surface area contributed by atoms with Crippen LogP contribution in [0.2, 0.25) is 0 Å². The molecule has 3 heterocycles. The number of anilines is 1. The van der Waals surface area contributed by atoms with Gasteiger partial charge in [-0.1, -0.05) is 43.0 Å². The average Bonchev–Trinajstić information content (AvgIpc) is 3.53. The summed E-state index contributed by atoms with van der Waals surface area (Å²) < 4.78 is 34.6. The lowest BCUT2D eigenvalue weighted by Gasteiger charge is -2.13. The summed E-state index contributed by atoms with van der Waals surface area (Å²) >= 11 is 1.15. The molecule has 0 fully saturated rings. The molecule has 9 heteroatoms. The molecule has 2 aromatic carbocycles. The number of aromatic amines is 1. The number of thiophene rings is 1. The summed E-state index contributed by atoms with van der Waals surface area (Å²) in [7, 11) is -3.73. The molecule has 2 N–H and O–H groups in total. The predicted octanol–water partition coefficient (Wildman–Crippen LogP) is 5.71. The minimum atomic E-state index is -3.73. The molecule has 3 aromatic heterocycles. The van der Waals surface area contributed by atoms with Gasteiger partial charge in [0.15, 0.2) is 5.65 Å². The van der Waals surface area contributed by atoms with Gasteiger partial charge in [0.1, 0.15) is 22.4 Å². The topological polar surface area (TPSA) is 97.0 Å². The number of hydrogen-bond donors (Lipinski definition) is 2. The lowest BCUT2D eigenvalue weighted by Crippen LogP contribution is -2.11. The number of aromatic nitrogens is 3. The molecule has 0 unspecified atom stereocenters. The van der Waals surface area contributed by atoms with E-state index in [1.165, 1.54) is 0 Å². The standard InChI is InChI=1S/C25H20N4O3S2/c1-2-17-7-3-4-8-18(17)16-32-21-14-19(24-27-22-9-5-11-26-25(22)28-24)13-20(15-21)29-34(30,31)23-10-6-12-33-23/h2-15,29H,1,16H2,(H,26,27,28). The van der Waals surface area contributed by atoms with Crippen molar-refractivity contribution >= 4 is 44.3 Å². The fourth-order valence-corrected chi connectivity index (χ4v) is 5.54. The Morgan fingerprint density at radius 2 is 1.97 bits per heavy atom. The van der Waals surface area contributed by atoms with Gasteiger partial charge in [-0.05, 0) is 46.8 Å². The normalized spacial score (nSPS) is 11.4. The second kappa shape index (κ2) is 9.12. The number of pyridine rings is 1. The van der Waals surface area contributed by atoms with E-state index in [0.29, 0.717) is 35.1 Å². The van der Waals surface area contributed by atoms with E-state index >= 15 is 0 Å². The number of fused-ring (bicyclic) bond motifs is 1. The third-order valence-electron chi connectivity index (χ3n) is 5.12. The van der Waals surface area contributed by atoms with Crippen LogP contribution in [0, 0.1) is 0 Å². The Labute approximate surface area is 200 Å². The zero-order chi connectivity index (χ0) is 23.5. The fraction of sp³-hybridized carbons (Fsp3) is 0.0400. The van der Waals surface area contributed by atoms with E-state index in [9.17, 15) is 8.42 Å². The number of ether oxygens (including phenoxy) is 1. The number of H-pyrrole nitrogens is 1. The van der Waals surface area contributed by atoms with Crippen LogP contribution in [0.1, 0.15) is 11.1 Å². The average molecular weight is 489 g/mol. The van der Waals surface area contributed by atoms with E-state index in [0.717, 1.165) is 28.0 Å². The number of imidazole rings is 1. The molecule has 7 nitrogen and oxygen atoms in total. The highest BCUT2D eigenvalue weighted by Gasteiger charge is 2.17. The van der Waals surface area contributed by atoms with Crippen LogP contribution >= 0.6 is 11.3 Å². The number of nitrogens with zero attached hydrogens (tertiary/aromatic N) is 2. The van der Waals surface area contributed by atoms with E-state index in [2.05, 4.69) is 26.3 Å². The Kier molecular flexibility index (Phi) is 5.87. The van der Waals surface area contributed by atoms with Gasteiger partial charge in [0, 0.05) is 17.8 Å². The second-order valence-corrected chi connectivity index (χ2v) is 10.3. The zero-order valence-corrected chi connectivity index (χ0v) is 19.6. The first kappa shape index (κ1) is 21.9. The summed E-state index contributed by atoms with van der Waals surface area (Å²) in [6.45, 7) is 4.15. The van der Waals surface area contributed by atoms with Crippen LogP contribution in [0.3, 0.4) is 0 Å². The summed E-state index contributed by atoms with van der Waals surface area (Å²) in [5.41, 5.74) is 4.33. The largest absolute Gasteiger partial charge is 0.489 e. The molecule has 170 valence electrons. The third-order valence-corrected chi connectivity index (χ3v) is 7.90. The van der Waals surface area contributed by atoms with Crippen molar-refractivity contribution in [3.8, 4) is 17.1 Å². The molecule has 34 heavy (non-hydrogen) atoms. The Balaban J connectivity index is 1.52. The predicted molar refractivity (Wildman–Crippen MR) is 135 cm³/mol. The number of sulfonamides is 1. The molecule has 0 amide bonds. The highest BCUT2D eigenvalue weighted by Crippen LogP contribution is 2.31. The minimum Gasteiger partial charge on any atom is -0.489 e. The van der Waals surface area contributed by atoms with Gasteiger partial charge in [-0.3, -0.25) is 4.72 Å². The first-order chi connectivity index (χ1) is 16.5. The number of nitrogens with one attached hydrogen (secondary N) is 2. The van der Waals surface area contributed by atoms with E-state index in [1.54, 1.807) is 41.9 Å². The van der Waals surface area contributed by atoms with E-state index in [1.807, 2.05) is 42.5 Å². The number of rotatable bonds is 8. The van der Waals surface area contributed by atoms with Gasteiger partial charge in [0.2, 0.25) is 0 Å². The Morgan fingerprint density at radius 1 is 1.09 bits per heavy atom. The molecule has 5 aromatic rings. The molecule has 0 aliphatic rings. The fourth-order valence-electron chi connectivity index (χ4n) is 3.51. The molecular formula is C25H20N4O3S2. The Hall–Kier alpha value is -3.95.